The number of aliphatic carboxylic acids is 1. The normalized spacial score (nSPS) is 11.7. The van der Waals surface area contributed by atoms with Gasteiger partial charge in [-0.1, -0.05) is 19.4 Å². The SMILES string of the molecule is CCCCOC(=O)NC(Cc1ccc(O)c(I)c1)C(=O)O. The number of ether oxygens (including phenoxy) is 1. The Morgan fingerprint density at radius 1 is 1.43 bits per heavy atom. The fraction of sp³-hybridized carbons (Fsp3) is 0.429. The second-order valence-corrected chi connectivity index (χ2v) is 5.68. The maximum atomic E-state index is 11.5. The van der Waals surface area contributed by atoms with Crippen molar-refractivity contribution in [1.82, 2.24) is 5.32 Å². The van der Waals surface area contributed by atoms with Crippen LogP contribution in [0.1, 0.15) is 25.3 Å². The van der Waals surface area contributed by atoms with E-state index in [-0.39, 0.29) is 18.8 Å². The van der Waals surface area contributed by atoms with E-state index < -0.39 is 18.1 Å². The summed E-state index contributed by atoms with van der Waals surface area (Å²) in [6.45, 7) is 2.24. The molecule has 1 amide bonds. The molecular formula is C14H18INO5. The highest BCUT2D eigenvalue weighted by Crippen LogP contribution is 2.21. The fourth-order valence-electron chi connectivity index (χ4n) is 1.61. The number of aromatic hydroxyl groups is 1. The number of phenolic OH excluding ortho intramolecular Hbond substituents is 1. The van der Waals surface area contributed by atoms with Crippen LogP contribution >= 0.6 is 22.6 Å². The van der Waals surface area contributed by atoms with Crippen molar-refractivity contribution < 1.29 is 24.5 Å². The fourth-order valence-corrected chi connectivity index (χ4v) is 2.19. The molecule has 0 aliphatic rings. The van der Waals surface area contributed by atoms with Gasteiger partial charge in [0, 0.05) is 6.42 Å². The smallest absolute Gasteiger partial charge is 0.407 e. The van der Waals surface area contributed by atoms with Crippen LogP contribution in [0.2, 0.25) is 0 Å². The first kappa shape index (κ1) is 17.5. The zero-order valence-corrected chi connectivity index (χ0v) is 13.8. The minimum atomic E-state index is -1.13. The lowest BCUT2D eigenvalue weighted by Crippen LogP contribution is -2.42. The molecule has 116 valence electrons. The van der Waals surface area contributed by atoms with Gasteiger partial charge in [0.1, 0.15) is 11.8 Å². The van der Waals surface area contributed by atoms with Crippen LogP contribution in [0.5, 0.6) is 5.75 Å². The molecule has 1 atom stereocenters. The third kappa shape index (κ3) is 6.19. The highest BCUT2D eigenvalue weighted by Gasteiger charge is 2.21. The van der Waals surface area contributed by atoms with E-state index in [2.05, 4.69) is 5.32 Å². The quantitative estimate of drug-likeness (QED) is 0.477. The summed E-state index contributed by atoms with van der Waals surface area (Å²) in [5.74, 6) is -0.997. The largest absolute Gasteiger partial charge is 0.507 e. The number of unbranched alkanes of at least 4 members (excludes halogenated alkanes) is 1. The van der Waals surface area contributed by atoms with Gasteiger partial charge in [-0.2, -0.15) is 0 Å². The number of carbonyl (C=O) groups excluding carboxylic acids is 1. The van der Waals surface area contributed by atoms with Gasteiger partial charge in [0.25, 0.3) is 0 Å². The zero-order valence-electron chi connectivity index (χ0n) is 11.6. The van der Waals surface area contributed by atoms with Crippen LogP contribution in [0.3, 0.4) is 0 Å². The molecule has 1 unspecified atom stereocenters. The molecule has 0 aromatic heterocycles. The molecule has 0 saturated carbocycles. The van der Waals surface area contributed by atoms with E-state index in [1.54, 1.807) is 12.1 Å². The van der Waals surface area contributed by atoms with Crippen molar-refractivity contribution in [2.24, 2.45) is 0 Å². The molecule has 0 aliphatic carbocycles. The van der Waals surface area contributed by atoms with Gasteiger partial charge in [-0.05, 0) is 46.7 Å². The molecule has 0 aliphatic heterocycles. The number of alkyl carbamates (subject to hydrolysis) is 1. The van der Waals surface area contributed by atoms with Crippen molar-refractivity contribution in [3.8, 4) is 5.75 Å². The first-order valence-corrected chi connectivity index (χ1v) is 7.65. The summed E-state index contributed by atoms with van der Waals surface area (Å²) in [6, 6.07) is 3.72. The molecule has 0 bridgehead atoms. The Labute approximate surface area is 136 Å². The van der Waals surface area contributed by atoms with Crippen LogP contribution in [0.4, 0.5) is 4.79 Å². The molecule has 0 spiro atoms. The maximum Gasteiger partial charge on any atom is 0.407 e. The van der Waals surface area contributed by atoms with Gasteiger partial charge in [-0.3, -0.25) is 0 Å². The Hall–Kier alpha value is -1.51. The van der Waals surface area contributed by atoms with E-state index in [4.69, 9.17) is 9.84 Å². The highest BCUT2D eigenvalue weighted by atomic mass is 127. The average Bonchev–Trinajstić information content (AvgIpc) is 2.42. The van der Waals surface area contributed by atoms with Crippen LogP contribution in [0.25, 0.3) is 0 Å². The predicted molar refractivity (Wildman–Crippen MR) is 85.3 cm³/mol. The second-order valence-electron chi connectivity index (χ2n) is 4.51. The summed E-state index contributed by atoms with van der Waals surface area (Å²) in [5, 5.41) is 20.9. The number of rotatable bonds is 7. The Bertz CT molecular complexity index is 506. The molecule has 0 heterocycles. The number of carboxylic acid groups (broad SMARTS) is 1. The lowest BCUT2D eigenvalue weighted by molar-refractivity contribution is -0.139. The van der Waals surface area contributed by atoms with Crippen molar-refractivity contribution in [2.45, 2.75) is 32.2 Å². The minimum Gasteiger partial charge on any atom is -0.507 e. The van der Waals surface area contributed by atoms with E-state index in [9.17, 15) is 14.7 Å². The molecule has 3 N–H and O–H groups in total. The number of carboxylic acids is 1. The van der Waals surface area contributed by atoms with Crippen LogP contribution in [0, 0.1) is 3.57 Å². The monoisotopic (exact) mass is 407 g/mol. The topological polar surface area (TPSA) is 95.9 Å². The van der Waals surface area contributed by atoms with E-state index in [0.717, 1.165) is 12.8 Å². The van der Waals surface area contributed by atoms with Gasteiger partial charge >= 0.3 is 12.1 Å². The lowest BCUT2D eigenvalue weighted by Gasteiger charge is -2.15. The molecule has 6 nitrogen and oxygen atoms in total. The number of nitrogens with one attached hydrogen (secondary N) is 1. The maximum absolute atomic E-state index is 11.5. The third-order valence-electron chi connectivity index (χ3n) is 2.77. The van der Waals surface area contributed by atoms with Gasteiger partial charge in [-0.25, -0.2) is 9.59 Å². The van der Waals surface area contributed by atoms with Crippen LogP contribution in [0.15, 0.2) is 18.2 Å². The average molecular weight is 407 g/mol. The van der Waals surface area contributed by atoms with Crippen molar-refractivity contribution >= 4 is 34.7 Å². The van der Waals surface area contributed by atoms with Crippen molar-refractivity contribution in [3.63, 3.8) is 0 Å². The summed E-state index contributed by atoms with van der Waals surface area (Å²) in [7, 11) is 0. The molecule has 21 heavy (non-hydrogen) atoms. The number of carbonyl (C=O) groups is 2. The van der Waals surface area contributed by atoms with Crippen LogP contribution < -0.4 is 5.32 Å². The Balaban J connectivity index is 2.63. The minimum absolute atomic E-state index is 0.120. The number of benzene rings is 1. The first-order chi connectivity index (χ1) is 9.93. The van der Waals surface area contributed by atoms with Crippen molar-refractivity contribution in [1.29, 1.82) is 0 Å². The second kappa shape index (κ2) is 8.71. The van der Waals surface area contributed by atoms with Gasteiger partial charge in [-0.15, -0.1) is 0 Å². The molecule has 0 radical (unpaired) electrons. The zero-order chi connectivity index (χ0) is 15.8. The molecule has 1 rings (SSSR count). The Morgan fingerprint density at radius 2 is 2.14 bits per heavy atom. The van der Waals surface area contributed by atoms with Gasteiger partial charge < -0.3 is 20.3 Å². The standard InChI is InChI=1S/C14H18INO5/c1-2-3-6-21-14(20)16-11(13(18)19)8-9-4-5-12(17)10(15)7-9/h4-5,7,11,17H,2-3,6,8H2,1H3,(H,16,20)(H,18,19). The third-order valence-corrected chi connectivity index (χ3v) is 3.64. The molecular weight excluding hydrogens is 389 g/mol. The molecule has 1 aromatic carbocycles. The molecule has 7 heteroatoms. The van der Waals surface area contributed by atoms with Gasteiger partial charge in [0.15, 0.2) is 0 Å². The Morgan fingerprint density at radius 3 is 2.71 bits per heavy atom. The summed E-state index contributed by atoms with van der Waals surface area (Å²) >= 11 is 1.95. The van der Waals surface area contributed by atoms with E-state index in [0.29, 0.717) is 9.13 Å². The van der Waals surface area contributed by atoms with Gasteiger partial charge in [0.05, 0.1) is 10.2 Å². The molecule has 0 fully saturated rings. The van der Waals surface area contributed by atoms with Crippen molar-refractivity contribution in [2.75, 3.05) is 6.61 Å². The van der Waals surface area contributed by atoms with Crippen LogP contribution in [-0.4, -0.2) is 34.9 Å². The van der Waals surface area contributed by atoms with Crippen molar-refractivity contribution in [3.05, 3.63) is 27.3 Å². The molecule has 0 saturated heterocycles. The summed E-state index contributed by atoms with van der Waals surface area (Å²) in [5.41, 5.74) is 0.707. The summed E-state index contributed by atoms with van der Waals surface area (Å²) in [4.78, 5) is 22.7. The number of hydrogen-bond acceptors (Lipinski definition) is 4. The molecule has 1 aromatic rings. The number of hydrogen-bond donors (Lipinski definition) is 3. The number of phenols is 1. The summed E-state index contributed by atoms with van der Waals surface area (Å²) in [6.07, 6.45) is 1.02. The first-order valence-electron chi connectivity index (χ1n) is 6.57. The van der Waals surface area contributed by atoms with E-state index in [1.807, 2.05) is 29.5 Å². The number of amides is 1. The lowest BCUT2D eigenvalue weighted by atomic mass is 10.1. The highest BCUT2D eigenvalue weighted by molar-refractivity contribution is 14.1. The predicted octanol–water partition coefficient (Wildman–Crippen LogP) is 2.52. The number of halogens is 1. The Kier molecular flexibility index (Phi) is 7.27. The van der Waals surface area contributed by atoms with E-state index in [1.165, 1.54) is 6.07 Å². The van der Waals surface area contributed by atoms with Crippen LogP contribution in [-0.2, 0) is 16.0 Å². The summed E-state index contributed by atoms with van der Waals surface area (Å²) < 4.78 is 5.51. The van der Waals surface area contributed by atoms with Gasteiger partial charge in [0.2, 0.25) is 0 Å². The van der Waals surface area contributed by atoms with E-state index >= 15 is 0 Å².